The summed E-state index contributed by atoms with van der Waals surface area (Å²) < 4.78 is 1.68. The lowest BCUT2D eigenvalue weighted by Crippen LogP contribution is -2.01. The van der Waals surface area contributed by atoms with Gasteiger partial charge < -0.3 is 5.32 Å². The third-order valence-corrected chi connectivity index (χ3v) is 3.46. The van der Waals surface area contributed by atoms with Crippen LogP contribution in [0.5, 0.6) is 0 Å². The quantitative estimate of drug-likeness (QED) is 0.734. The fraction of sp³-hybridized carbons (Fsp3) is 0.214. The second kappa shape index (κ2) is 4.76. The van der Waals surface area contributed by atoms with Crippen LogP contribution in [0.25, 0.3) is 11.0 Å². The van der Waals surface area contributed by atoms with Crippen molar-refractivity contribution in [1.29, 1.82) is 0 Å². The molecule has 1 aromatic carbocycles. The van der Waals surface area contributed by atoms with E-state index in [0.29, 0.717) is 11.5 Å². The summed E-state index contributed by atoms with van der Waals surface area (Å²) in [6.07, 6.45) is 1.74. The van der Waals surface area contributed by atoms with Crippen LogP contribution in [-0.4, -0.2) is 19.7 Å². The molecule has 0 atom stereocenters. The zero-order chi connectivity index (χ0) is 14.3. The fourth-order valence-electron chi connectivity index (χ4n) is 2.22. The van der Waals surface area contributed by atoms with Gasteiger partial charge in [-0.3, -0.25) is 4.68 Å². The smallest absolute Gasteiger partial charge is 0.226 e. The maximum Gasteiger partial charge on any atom is 0.226 e. The first kappa shape index (κ1) is 12.9. The number of para-hydroxylation sites is 1. The monoisotopic (exact) mass is 287 g/mol. The van der Waals surface area contributed by atoms with Crippen LogP contribution in [0.1, 0.15) is 11.1 Å². The van der Waals surface area contributed by atoms with Crippen molar-refractivity contribution in [1.82, 2.24) is 19.7 Å². The number of halogens is 1. The molecule has 0 aliphatic rings. The normalized spacial score (nSPS) is 11.0. The Morgan fingerprint density at radius 2 is 1.85 bits per heavy atom. The van der Waals surface area contributed by atoms with Gasteiger partial charge in [0.15, 0.2) is 5.65 Å². The molecule has 0 aliphatic carbocycles. The number of rotatable bonds is 2. The van der Waals surface area contributed by atoms with Crippen LogP contribution >= 0.6 is 11.6 Å². The third-order valence-electron chi connectivity index (χ3n) is 3.29. The van der Waals surface area contributed by atoms with E-state index in [1.165, 1.54) is 0 Å². The maximum atomic E-state index is 6.00. The van der Waals surface area contributed by atoms with Gasteiger partial charge in [-0.25, -0.2) is 0 Å². The molecule has 0 bridgehead atoms. The topological polar surface area (TPSA) is 55.6 Å². The molecule has 3 aromatic rings. The molecule has 0 spiro atoms. The second-order valence-electron chi connectivity index (χ2n) is 4.74. The van der Waals surface area contributed by atoms with Crippen LogP contribution in [0.2, 0.25) is 5.28 Å². The summed E-state index contributed by atoms with van der Waals surface area (Å²) in [5.41, 5.74) is 4.04. The molecule has 0 saturated carbocycles. The highest BCUT2D eigenvalue weighted by molar-refractivity contribution is 6.28. The lowest BCUT2D eigenvalue weighted by Gasteiger charge is -2.12. The summed E-state index contributed by atoms with van der Waals surface area (Å²) >= 11 is 6.00. The van der Waals surface area contributed by atoms with Gasteiger partial charge in [0.25, 0.3) is 0 Å². The van der Waals surface area contributed by atoms with Gasteiger partial charge in [-0.05, 0) is 36.6 Å². The molecule has 0 amide bonds. The van der Waals surface area contributed by atoms with Gasteiger partial charge in [0.2, 0.25) is 5.28 Å². The number of aryl methyl sites for hydroxylation is 3. The standard InChI is InChI=1S/C14H14ClN5/c1-8-5-4-6-9(2)11(8)17-12-10-7-16-20(3)13(10)19-14(15)18-12/h4-7H,1-3H3,(H,17,18,19). The molecule has 6 heteroatoms. The lowest BCUT2D eigenvalue weighted by molar-refractivity contribution is 0.785. The average molecular weight is 288 g/mol. The van der Waals surface area contributed by atoms with E-state index in [-0.39, 0.29) is 5.28 Å². The Labute approximate surface area is 121 Å². The Morgan fingerprint density at radius 3 is 2.55 bits per heavy atom. The van der Waals surface area contributed by atoms with Crippen LogP contribution in [-0.2, 0) is 7.05 Å². The minimum Gasteiger partial charge on any atom is -0.339 e. The summed E-state index contributed by atoms with van der Waals surface area (Å²) in [5, 5.41) is 8.60. The molecule has 102 valence electrons. The van der Waals surface area contributed by atoms with Crippen molar-refractivity contribution in [3.05, 3.63) is 40.8 Å². The van der Waals surface area contributed by atoms with E-state index >= 15 is 0 Å². The summed E-state index contributed by atoms with van der Waals surface area (Å²) in [6.45, 7) is 4.11. The Kier molecular flexibility index (Phi) is 3.06. The molecule has 20 heavy (non-hydrogen) atoms. The van der Waals surface area contributed by atoms with Gasteiger partial charge in [-0.1, -0.05) is 18.2 Å². The van der Waals surface area contributed by atoms with Gasteiger partial charge in [0, 0.05) is 12.7 Å². The molecule has 2 aromatic heterocycles. The van der Waals surface area contributed by atoms with Crippen LogP contribution in [0, 0.1) is 13.8 Å². The van der Waals surface area contributed by atoms with E-state index < -0.39 is 0 Å². The van der Waals surface area contributed by atoms with Crippen LogP contribution in [0.15, 0.2) is 24.4 Å². The van der Waals surface area contributed by atoms with E-state index in [9.17, 15) is 0 Å². The highest BCUT2D eigenvalue weighted by Crippen LogP contribution is 2.28. The van der Waals surface area contributed by atoms with Crippen LogP contribution in [0.3, 0.4) is 0 Å². The van der Waals surface area contributed by atoms with Crippen molar-refractivity contribution in [3.63, 3.8) is 0 Å². The Morgan fingerprint density at radius 1 is 1.15 bits per heavy atom. The number of anilines is 2. The van der Waals surface area contributed by atoms with Crippen molar-refractivity contribution in [3.8, 4) is 0 Å². The summed E-state index contributed by atoms with van der Waals surface area (Å²) in [4.78, 5) is 8.48. The Balaban J connectivity index is 2.16. The number of aromatic nitrogens is 4. The first-order chi connectivity index (χ1) is 9.56. The summed E-state index contributed by atoms with van der Waals surface area (Å²) in [6, 6.07) is 6.14. The van der Waals surface area contributed by atoms with Crippen molar-refractivity contribution in [2.24, 2.45) is 7.05 Å². The first-order valence-corrected chi connectivity index (χ1v) is 6.62. The molecule has 3 rings (SSSR count). The zero-order valence-electron chi connectivity index (χ0n) is 11.5. The SMILES string of the molecule is Cc1cccc(C)c1Nc1nc(Cl)nc2c1cnn2C. The molecule has 1 N–H and O–H groups in total. The zero-order valence-corrected chi connectivity index (χ0v) is 12.2. The molecule has 0 aliphatic heterocycles. The van der Waals surface area contributed by atoms with E-state index in [0.717, 1.165) is 22.2 Å². The predicted octanol–water partition coefficient (Wildman–Crippen LogP) is 3.38. The Bertz CT molecular complexity index is 773. The van der Waals surface area contributed by atoms with Crippen LogP contribution < -0.4 is 5.32 Å². The molecule has 0 radical (unpaired) electrons. The molecular weight excluding hydrogens is 274 g/mol. The highest BCUT2D eigenvalue weighted by atomic mass is 35.5. The van der Waals surface area contributed by atoms with E-state index in [4.69, 9.17) is 11.6 Å². The van der Waals surface area contributed by atoms with E-state index in [2.05, 4.69) is 46.4 Å². The largest absolute Gasteiger partial charge is 0.339 e. The molecule has 0 saturated heterocycles. The van der Waals surface area contributed by atoms with E-state index in [1.54, 1.807) is 10.9 Å². The van der Waals surface area contributed by atoms with Crippen molar-refractivity contribution in [2.75, 3.05) is 5.32 Å². The minimum atomic E-state index is 0.204. The average Bonchev–Trinajstić information content (AvgIpc) is 2.76. The summed E-state index contributed by atoms with van der Waals surface area (Å²) in [7, 11) is 1.83. The van der Waals surface area contributed by atoms with E-state index in [1.807, 2.05) is 13.1 Å². The number of hydrogen-bond acceptors (Lipinski definition) is 4. The maximum absolute atomic E-state index is 6.00. The number of nitrogens with one attached hydrogen (secondary N) is 1. The molecular formula is C14H14ClN5. The van der Waals surface area contributed by atoms with Crippen LogP contribution in [0.4, 0.5) is 11.5 Å². The second-order valence-corrected chi connectivity index (χ2v) is 5.08. The Hall–Kier alpha value is -2.14. The summed E-state index contributed by atoms with van der Waals surface area (Å²) in [5.74, 6) is 0.672. The van der Waals surface area contributed by atoms with Gasteiger partial charge >= 0.3 is 0 Å². The van der Waals surface area contributed by atoms with Gasteiger partial charge in [0.05, 0.1) is 11.6 Å². The van der Waals surface area contributed by atoms with Gasteiger partial charge in [0.1, 0.15) is 5.82 Å². The number of fused-ring (bicyclic) bond motifs is 1. The van der Waals surface area contributed by atoms with Gasteiger partial charge in [-0.15, -0.1) is 0 Å². The van der Waals surface area contributed by atoms with Crippen molar-refractivity contribution >= 4 is 34.1 Å². The van der Waals surface area contributed by atoms with Gasteiger partial charge in [-0.2, -0.15) is 15.1 Å². The number of hydrogen-bond donors (Lipinski definition) is 1. The highest BCUT2D eigenvalue weighted by Gasteiger charge is 2.12. The third kappa shape index (κ3) is 2.10. The van der Waals surface area contributed by atoms with Crippen molar-refractivity contribution in [2.45, 2.75) is 13.8 Å². The first-order valence-electron chi connectivity index (χ1n) is 6.25. The fourth-order valence-corrected chi connectivity index (χ4v) is 2.39. The number of benzene rings is 1. The molecule has 0 unspecified atom stereocenters. The minimum absolute atomic E-state index is 0.204. The van der Waals surface area contributed by atoms with Crippen molar-refractivity contribution < 1.29 is 0 Å². The molecule has 5 nitrogen and oxygen atoms in total. The molecule has 2 heterocycles. The lowest BCUT2D eigenvalue weighted by atomic mass is 10.1. The molecule has 0 fully saturated rings. The number of nitrogens with zero attached hydrogens (tertiary/aromatic N) is 4. The predicted molar refractivity (Wildman–Crippen MR) is 80.5 cm³/mol.